The third kappa shape index (κ3) is 3.96. The van der Waals surface area contributed by atoms with Gasteiger partial charge in [-0.05, 0) is 48.5 Å². The number of hydrogen-bond donors (Lipinski definition) is 2. The number of carbonyl (C=O) groups is 3. The van der Waals surface area contributed by atoms with Gasteiger partial charge in [0, 0.05) is 11.3 Å². The molecule has 7 nitrogen and oxygen atoms in total. The Balaban J connectivity index is 1.73. The first-order valence-electron chi connectivity index (χ1n) is 7.60. The van der Waals surface area contributed by atoms with Crippen LogP contribution in [0.4, 0.5) is 5.69 Å². The number of nitrogens with two attached hydrogens (primary N) is 1. The number of nitrogens with one attached hydrogen (secondary N) is 1. The van der Waals surface area contributed by atoms with Crippen molar-refractivity contribution in [3.05, 3.63) is 83.8 Å². The number of ether oxygens (including phenoxy) is 1. The van der Waals surface area contributed by atoms with Crippen LogP contribution < -0.4 is 15.8 Å². The standard InChI is InChI=1S/C19H14N2O5/c20-17(22)12-4-2-7-15(11-12)26-19(24)13-5-1-6-14(10-13)21-18(23)16-8-3-9-25-16/h1-11H,(H2,20,22)(H,21,23). The smallest absolute Gasteiger partial charge is 0.343 e. The summed E-state index contributed by atoms with van der Waals surface area (Å²) >= 11 is 0. The predicted octanol–water partition coefficient (Wildman–Crippen LogP) is 2.85. The van der Waals surface area contributed by atoms with Crippen LogP contribution >= 0.6 is 0 Å². The Kier molecular flexibility index (Phi) is 4.80. The number of hydrogen-bond acceptors (Lipinski definition) is 5. The van der Waals surface area contributed by atoms with E-state index < -0.39 is 17.8 Å². The minimum atomic E-state index is -0.638. The molecule has 26 heavy (non-hydrogen) atoms. The van der Waals surface area contributed by atoms with E-state index >= 15 is 0 Å². The molecule has 0 aliphatic heterocycles. The van der Waals surface area contributed by atoms with E-state index in [-0.39, 0.29) is 22.6 Å². The maximum Gasteiger partial charge on any atom is 0.343 e. The molecule has 3 aromatic rings. The molecule has 2 aromatic carbocycles. The summed E-state index contributed by atoms with van der Waals surface area (Å²) in [6, 6.07) is 15.4. The van der Waals surface area contributed by atoms with Crippen LogP contribution in [0.15, 0.2) is 71.3 Å². The van der Waals surface area contributed by atoms with Gasteiger partial charge in [-0.3, -0.25) is 9.59 Å². The molecule has 1 heterocycles. The van der Waals surface area contributed by atoms with E-state index in [1.165, 1.54) is 36.6 Å². The van der Waals surface area contributed by atoms with Crippen LogP contribution in [0.2, 0.25) is 0 Å². The van der Waals surface area contributed by atoms with E-state index in [0.717, 1.165) is 0 Å². The molecule has 0 saturated heterocycles. The van der Waals surface area contributed by atoms with Crippen molar-refractivity contribution in [2.45, 2.75) is 0 Å². The highest BCUT2D eigenvalue weighted by Gasteiger charge is 2.13. The summed E-state index contributed by atoms with van der Waals surface area (Å²) in [5.74, 6) is -1.35. The maximum atomic E-state index is 12.3. The molecule has 1 aromatic heterocycles. The highest BCUT2D eigenvalue weighted by atomic mass is 16.5. The number of anilines is 1. The van der Waals surface area contributed by atoms with Crippen molar-refractivity contribution in [3.8, 4) is 5.75 Å². The lowest BCUT2D eigenvalue weighted by atomic mass is 10.2. The lowest BCUT2D eigenvalue weighted by Crippen LogP contribution is -2.14. The Bertz CT molecular complexity index is 964. The Labute approximate surface area is 148 Å². The molecular formula is C19H14N2O5. The largest absolute Gasteiger partial charge is 0.459 e. The average Bonchev–Trinajstić information content (AvgIpc) is 3.17. The van der Waals surface area contributed by atoms with Crippen LogP contribution in [-0.2, 0) is 0 Å². The average molecular weight is 350 g/mol. The molecule has 0 spiro atoms. The molecular weight excluding hydrogens is 336 g/mol. The van der Waals surface area contributed by atoms with Crippen molar-refractivity contribution in [1.82, 2.24) is 0 Å². The highest BCUT2D eigenvalue weighted by Crippen LogP contribution is 2.17. The number of furan rings is 1. The van der Waals surface area contributed by atoms with Gasteiger partial charge in [0.1, 0.15) is 5.75 Å². The van der Waals surface area contributed by atoms with Crippen LogP contribution in [0.25, 0.3) is 0 Å². The highest BCUT2D eigenvalue weighted by molar-refractivity contribution is 6.03. The van der Waals surface area contributed by atoms with Gasteiger partial charge in [-0.1, -0.05) is 12.1 Å². The summed E-state index contributed by atoms with van der Waals surface area (Å²) in [7, 11) is 0. The van der Waals surface area contributed by atoms with Crippen molar-refractivity contribution >= 4 is 23.5 Å². The van der Waals surface area contributed by atoms with Crippen molar-refractivity contribution in [3.63, 3.8) is 0 Å². The first-order chi connectivity index (χ1) is 12.5. The fraction of sp³-hybridized carbons (Fsp3) is 0. The monoisotopic (exact) mass is 350 g/mol. The van der Waals surface area contributed by atoms with Gasteiger partial charge in [-0.15, -0.1) is 0 Å². The van der Waals surface area contributed by atoms with Gasteiger partial charge in [0.2, 0.25) is 5.91 Å². The Morgan fingerprint density at radius 2 is 1.69 bits per heavy atom. The minimum absolute atomic E-state index is 0.154. The van der Waals surface area contributed by atoms with E-state index in [9.17, 15) is 14.4 Å². The van der Waals surface area contributed by atoms with Gasteiger partial charge in [0.15, 0.2) is 5.76 Å². The zero-order chi connectivity index (χ0) is 18.5. The number of rotatable bonds is 5. The topological polar surface area (TPSA) is 112 Å². The summed E-state index contributed by atoms with van der Waals surface area (Å²) in [5.41, 5.74) is 6.07. The van der Waals surface area contributed by atoms with Crippen LogP contribution in [0, 0.1) is 0 Å². The van der Waals surface area contributed by atoms with E-state index in [1.807, 2.05) is 0 Å². The second-order valence-corrected chi connectivity index (χ2v) is 5.29. The first-order valence-corrected chi connectivity index (χ1v) is 7.60. The number of esters is 1. The Hall–Kier alpha value is -3.87. The summed E-state index contributed by atoms with van der Waals surface area (Å²) in [6.45, 7) is 0. The summed E-state index contributed by atoms with van der Waals surface area (Å²) in [4.78, 5) is 35.5. The molecule has 0 unspecified atom stereocenters. The lowest BCUT2D eigenvalue weighted by Gasteiger charge is -2.07. The molecule has 0 saturated carbocycles. The predicted molar refractivity (Wildman–Crippen MR) is 93.0 cm³/mol. The Morgan fingerprint density at radius 1 is 0.923 bits per heavy atom. The summed E-state index contributed by atoms with van der Waals surface area (Å²) in [5, 5.41) is 2.63. The van der Waals surface area contributed by atoms with Crippen LogP contribution in [0.5, 0.6) is 5.75 Å². The number of primary amides is 1. The van der Waals surface area contributed by atoms with Gasteiger partial charge in [0.05, 0.1) is 11.8 Å². The van der Waals surface area contributed by atoms with E-state index in [1.54, 1.807) is 30.3 Å². The van der Waals surface area contributed by atoms with Crippen molar-refractivity contribution in [2.75, 3.05) is 5.32 Å². The fourth-order valence-electron chi connectivity index (χ4n) is 2.20. The summed E-state index contributed by atoms with van der Waals surface area (Å²) in [6.07, 6.45) is 1.39. The number of carbonyl (C=O) groups excluding carboxylic acids is 3. The molecule has 0 fully saturated rings. The normalized spacial score (nSPS) is 10.2. The lowest BCUT2D eigenvalue weighted by molar-refractivity contribution is 0.0733. The fourth-order valence-corrected chi connectivity index (χ4v) is 2.20. The van der Waals surface area contributed by atoms with E-state index in [0.29, 0.717) is 5.69 Å². The van der Waals surface area contributed by atoms with Gasteiger partial charge < -0.3 is 20.2 Å². The van der Waals surface area contributed by atoms with E-state index in [4.69, 9.17) is 14.9 Å². The molecule has 0 aliphatic rings. The van der Waals surface area contributed by atoms with Crippen LogP contribution in [-0.4, -0.2) is 17.8 Å². The molecule has 130 valence electrons. The molecule has 0 aliphatic carbocycles. The zero-order valence-corrected chi connectivity index (χ0v) is 13.5. The second kappa shape index (κ2) is 7.35. The van der Waals surface area contributed by atoms with Crippen molar-refractivity contribution < 1.29 is 23.5 Å². The van der Waals surface area contributed by atoms with E-state index in [2.05, 4.69) is 5.32 Å². The molecule has 3 rings (SSSR count). The van der Waals surface area contributed by atoms with Crippen molar-refractivity contribution in [1.29, 1.82) is 0 Å². The van der Waals surface area contributed by atoms with Gasteiger partial charge >= 0.3 is 5.97 Å². The summed E-state index contributed by atoms with van der Waals surface area (Å²) < 4.78 is 10.3. The molecule has 0 atom stereocenters. The molecule has 3 N–H and O–H groups in total. The zero-order valence-electron chi connectivity index (χ0n) is 13.5. The molecule has 0 bridgehead atoms. The SMILES string of the molecule is NC(=O)c1cccc(OC(=O)c2cccc(NC(=O)c3ccco3)c2)c1. The quantitative estimate of drug-likeness (QED) is 0.543. The van der Waals surface area contributed by atoms with Gasteiger partial charge in [0.25, 0.3) is 5.91 Å². The molecule has 7 heteroatoms. The third-order valence-electron chi connectivity index (χ3n) is 3.43. The Morgan fingerprint density at radius 3 is 2.42 bits per heavy atom. The van der Waals surface area contributed by atoms with Crippen LogP contribution in [0.3, 0.4) is 0 Å². The first kappa shape index (κ1) is 17.0. The van der Waals surface area contributed by atoms with Gasteiger partial charge in [-0.25, -0.2) is 4.79 Å². The van der Waals surface area contributed by atoms with Gasteiger partial charge in [-0.2, -0.15) is 0 Å². The third-order valence-corrected chi connectivity index (χ3v) is 3.43. The van der Waals surface area contributed by atoms with Crippen LogP contribution in [0.1, 0.15) is 31.3 Å². The minimum Gasteiger partial charge on any atom is -0.459 e. The number of amides is 2. The molecule has 0 radical (unpaired) electrons. The maximum absolute atomic E-state index is 12.3. The van der Waals surface area contributed by atoms with Crippen molar-refractivity contribution in [2.24, 2.45) is 5.73 Å². The number of benzene rings is 2. The second-order valence-electron chi connectivity index (χ2n) is 5.29. The molecule has 2 amide bonds.